The number of halogens is 3. The lowest BCUT2D eigenvalue weighted by atomic mass is 10.1. The molecule has 0 saturated heterocycles. The Hall–Kier alpha value is -2.11. The number of nitrogens with zero attached hydrogens (tertiary/aromatic N) is 1. The van der Waals surface area contributed by atoms with Crippen LogP contribution in [0.3, 0.4) is 0 Å². The maximum absolute atomic E-state index is 12.5. The van der Waals surface area contributed by atoms with Crippen molar-refractivity contribution in [1.29, 1.82) is 0 Å². The summed E-state index contributed by atoms with van der Waals surface area (Å²) >= 11 is 0. The van der Waals surface area contributed by atoms with E-state index in [9.17, 15) is 18.0 Å². The van der Waals surface area contributed by atoms with Gasteiger partial charge in [-0.15, -0.1) is 0 Å². The summed E-state index contributed by atoms with van der Waals surface area (Å²) in [4.78, 5) is 15.2. The number of carbonyl (C=O) groups is 1. The number of hydrogen-bond acceptors (Lipinski definition) is 2. The van der Waals surface area contributed by atoms with Crippen LogP contribution in [0.5, 0.6) is 0 Å². The highest BCUT2D eigenvalue weighted by Gasteiger charge is 2.32. The third-order valence-corrected chi connectivity index (χ3v) is 3.76. The molecule has 1 aromatic heterocycles. The molecule has 0 aromatic carbocycles. The molecule has 1 aliphatic carbocycles. The quantitative estimate of drug-likeness (QED) is 0.533. The first-order valence-electron chi connectivity index (χ1n) is 7.80. The number of alkyl halides is 3. The molecular weight excluding hydrogens is 329 g/mol. The summed E-state index contributed by atoms with van der Waals surface area (Å²) in [6, 6.07) is 2.17. The van der Waals surface area contributed by atoms with Crippen molar-refractivity contribution in [3.05, 3.63) is 47.3 Å². The van der Waals surface area contributed by atoms with E-state index in [-0.39, 0.29) is 19.0 Å². The second kappa shape index (κ2) is 10.0. The van der Waals surface area contributed by atoms with Gasteiger partial charge in [-0.25, -0.2) is 0 Å². The Balaban J connectivity index is 0.00000104. The molecule has 25 heavy (non-hydrogen) atoms. The van der Waals surface area contributed by atoms with E-state index in [2.05, 4.69) is 10.3 Å². The Labute approximate surface area is 148 Å². The Kier molecular flexibility index (Phi) is 9.17. The maximum Gasteiger partial charge on any atom is 0.433 e. The Morgan fingerprint density at radius 1 is 1.24 bits per heavy atom. The predicted octanol–water partition coefficient (Wildman–Crippen LogP) is 6.00. The Morgan fingerprint density at radius 2 is 1.80 bits per heavy atom. The number of anilines is 1. The van der Waals surface area contributed by atoms with Gasteiger partial charge in [0.25, 0.3) is 5.91 Å². The van der Waals surface area contributed by atoms with Gasteiger partial charge in [0.05, 0.1) is 0 Å². The number of hydrogen-bond donors (Lipinski definition) is 1. The molecule has 0 bridgehead atoms. The molecule has 1 fully saturated rings. The lowest BCUT2D eigenvalue weighted by Gasteiger charge is -2.10. The molecule has 1 aliphatic rings. The first kappa shape index (κ1) is 22.9. The predicted molar refractivity (Wildman–Crippen MR) is 96.2 cm³/mol. The van der Waals surface area contributed by atoms with E-state index in [1.165, 1.54) is 6.07 Å². The van der Waals surface area contributed by atoms with Gasteiger partial charge in [0.2, 0.25) is 0 Å². The monoisotopic (exact) mass is 356 g/mol. The molecular formula is C19H27F3N2O. The molecule has 0 aliphatic heterocycles. The third-order valence-electron chi connectivity index (χ3n) is 3.76. The van der Waals surface area contributed by atoms with Gasteiger partial charge in [0.1, 0.15) is 5.69 Å². The normalized spacial score (nSPS) is 14.8. The maximum atomic E-state index is 12.5. The highest BCUT2D eigenvalue weighted by atomic mass is 19.4. The summed E-state index contributed by atoms with van der Waals surface area (Å²) in [7, 11) is 0. The summed E-state index contributed by atoms with van der Waals surface area (Å²) in [5.41, 5.74) is 0.654. The number of amides is 1. The van der Waals surface area contributed by atoms with E-state index in [0.29, 0.717) is 11.5 Å². The highest BCUT2D eigenvalue weighted by molar-refractivity contribution is 6.03. The topological polar surface area (TPSA) is 42.0 Å². The molecule has 2 rings (SSSR count). The van der Waals surface area contributed by atoms with Crippen LogP contribution in [0.15, 0.2) is 41.6 Å². The lowest BCUT2D eigenvalue weighted by Crippen LogP contribution is -2.16. The van der Waals surface area contributed by atoms with Crippen LogP contribution in [-0.2, 0) is 11.0 Å². The molecule has 1 heterocycles. The summed E-state index contributed by atoms with van der Waals surface area (Å²) in [5, 5.41) is 2.48. The van der Waals surface area contributed by atoms with E-state index in [1.54, 1.807) is 6.92 Å². The number of nitrogens with one attached hydrogen (secondary N) is 1. The van der Waals surface area contributed by atoms with Gasteiger partial charge in [0, 0.05) is 17.5 Å². The van der Waals surface area contributed by atoms with E-state index >= 15 is 0 Å². The number of pyridine rings is 1. The fraction of sp³-hybridized carbons (Fsp3) is 0.474. The molecule has 6 heteroatoms. The molecule has 1 amide bonds. The Bertz CT molecular complexity index is 626. The largest absolute Gasteiger partial charge is 0.433 e. The van der Waals surface area contributed by atoms with Gasteiger partial charge in [-0.05, 0) is 58.6 Å². The standard InChI is InChI=1S/C14H15F3N2O.C4H8.CH4/c1-8(10-3-4-10)9(2)13(20)19-11-5-6-18-12(7-11)14(15,16)17;1-3-4-2;/h5-7,10H,3-4H2,1-2H3,(H,18,19,20);3-4H,1-2H3;1H4/b9-8-;4-3-;. The third kappa shape index (κ3) is 7.54. The zero-order chi connectivity index (χ0) is 18.3. The fourth-order valence-corrected chi connectivity index (χ4v) is 1.89. The van der Waals surface area contributed by atoms with Crippen molar-refractivity contribution in [2.24, 2.45) is 5.92 Å². The van der Waals surface area contributed by atoms with Crippen LogP contribution in [0.1, 0.15) is 53.7 Å². The number of allylic oxidation sites excluding steroid dienone is 3. The number of carbonyl (C=O) groups excluding carboxylic acids is 1. The van der Waals surface area contributed by atoms with Gasteiger partial charge in [-0.1, -0.05) is 25.2 Å². The van der Waals surface area contributed by atoms with Crippen LogP contribution in [0.25, 0.3) is 0 Å². The second-order valence-electron chi connectivity index (χ2n) is 5.63. The second-order valence-corrected chi connectivity index (χ2v) is 5.63. The number of aromatic nitrogens is 1. The van der Waals surface area contributed by atoms with Gasteiger partial charge in [0.15, 0.2) is 0 Å². The van der Waals surface area contributed by atoms with E-state index in [4.69, 9.17) is 0 Å². The van der Waals surface area contributed by atoms with Gasteiger partial charge < -0.3 is 5.32 Å². The smallest absolute Gasteiger partial charge is 0.322 e. The van der Waals surface area contributed by atoms with Gasteiger partial charge in [-0.2, -0.15) is 13.2 Å². The van der Waals surface area contributed by atoms with Crippen LogP contribution < -0.4 is 5.32 Å². The molecule has 3 nitrogen and oxygen atoms in total. The molecule has 0 atom stereocenters. The van der Waals surface area contributed by atoms with Crippen molar-refractivity contribution < 1.29 is 18.0 Å². The van der Waals surface area contributed by atoms with Crippen molar-refractivity contribution >= 4 is 11.6 Å². The minimum Gasteiger partial charge on any atom is -0.322 e. The SMILES string of the molecule is C.C/C(C(=O)Nc1ccnc(C(F)(F)F)c1)=C(\C)C1CC1.C/C=C\C. The van der Waals surface area contributed by atoms with Crippen molar-refractivity contribution in [2.75, 3.05) is 5.32 Å². The van der Waals surface area contributed by atoms with Gasteiger partial charge >= 0.3 is 6.18 Å². The highest BCUT2D eigenvalue weighted by Crippen LogP contribution is 2.37. The van der Waals surface area contributed by atoms with E-state index < -0.39 is 11.9 Å². The molecule has 0 spiro atoms. The summed E-state index contributed by atoms with van der Waals surface area (Å²) in [6.07, 6.45) is 2.66. The average Bonchev–Trinajstić information content (AvgIpc) is 3.38. The minimum atomic E-state index is -4.52. The molecule has 1 N–H and O–H groups in total. The summed E-state index contributed by atoms with van der Waals surface area (Å²) < 4.78 is 37.6. The zero-order valence-corrected chi connectivity index (χ0v) is 14.4. The molecule has 0 unspecified atom stereocenters. The Morgan fingerprint density at radius 3 is 2.24 bits per heavy atom. The molecule has 1 aromatic rings. The van der Waals surface area contributed by atoms with Crippen LogP contribution in [0.2, 0.25) is 0 Å². The lowest BCUT2D eigenvalue weighted by molar-refractivity contribution is -0.141. The summed E-state index contributed by atoms with van der Waals surface area (Å²) in [6.45, 7) is 7.58. The van der Waals surface area contributed by atoms with Gasteiger partial charge in [-0.3, -0.25) is 9.78 Å². The molecule has 1 saturated carbocycles. The molecule has 0 radical (unpaired) electrons. The minimum absolute atomic E-state index is 0. The van der Waals surface area contributed by atoms with Crippen molar-refractivity contribution in [3.8, 4) is 0 Å². The zero-order valence-electron chi connectivity index (χ0n) is 14.4. The van der Waals surface area contributed by atoms with Crippen molar-refractivity contribution in [1.82, 2.24) is 4.98 Å². The first-order valence-corrected chi connectivity index (χ1v) is 7.80. The van der Waals surface area contributed by atoms with E-state index in [0.717, 1.165) is 30.7 Å². The van der Waals surface area contributed by atoms with Crippen LogP contribution in [0.4, 0.5) is 18.9 Å². The van der Waals surface area contributed by atoms with Crippen LogP contribution >= 0.6 is 0 Å². The first-order chi connectivity index (χ1) is 11.2. The average molecular weight is 356 g/mol. The molecule has 140 valence electrons. The number of rotatable bonds is 3. The van der Waals surface area contributed by atoms with Crippen LogP contribution in [-0.4, -0.2) is 10.9 Å². The van der Waals surface area contributed by atoms with Crippen molar-refractivity contribution in [3.63, 3.8) is 0 Å². The van der Waals surface area contributed by atoms with Crippen molar-refractivity contribution in [2.45, 2.75) is 54.1 Å². The van der Waals surface area contributed by atoms with E-state index in [1.807, 2.05) is 32.9 Å². The fourth-order valence-electron chi connectivity index (χ4n) is 1.89. The summed E-state index contributed by atoms with van der Waals surface area (Å²) in [5.74, 6) is 0.0812. The van der Waals surface area contributed by atoms with Crippen LogP contribution in [0, 0.1) is 5.92 Å².